The Morgan fingerprint density at radius 3 is 2.42 bits per heavy atom. The predicted molar refractivity (Wildman–Crippen MR) is 98.4 cm³/mol. The van der Waals surface area contributed by atoms with E-state index < -0.39 is 12.0 Å². The molecular weight excluding hydrogens is 322 g/mol. The molecule has 0 saturated heterocycles. The molecule has 0 aliphatic heterocycles. The van der Waals surface area contributed by atoms with Gasteiger partial charge in [0.1, 0.15) is 6.04 Å². The maximum atomic E-state index is 12.6. The van der Waals surface area contributed by atoms with Crippen molar-refractivity contribution in [2.45, 2.75) is 19.4 Å². The van der Waals surface area contributed by atoms with Crippen molar-refractivity contribution in [1.82, 2.24) is 5.32 Å². The molecule has 0 aromatic heterocycles. The highest BCUT2D eigenvalue weighted by molar-refractivity contribution is 7.99. The topological polar surface area (TPSA) is 66.4 Å². The number of aliphatic carboxylic acids is 1. The van der Waals surface area contributed by atoms with E-state index in [2.05, 4.69) is 5.32 Å². The zero-order valence-electron chi connectivity index (χ0n) is 13.6. The third kappa shape index (κ3) is 4.86. The molecule has 0 bridgehead atoms. The summed E-state index contributed by atoms with van der Waals surface area (Å²) >= 11 is 1.66. The molecule has 2 rings (SSSR count). The summed E-state index contributed by atoms with van der Waals surface area (Å²) in [5.74, 6) is 0.270. The molecular formula is C19H21NO3S. The number of thioether (sulfide) groups is 1. The maximum Gasteiger partial charge on any atom is 0.326 e. The van der Waals surface area contributed by atoms with Crippen molar-refractivity contribution < 1.29 is 14.7 Å². The maximum absolute atomic E-state index is 12.6. The lowest BCUT2D eigenvalue weighted by molar-refractivity contribution is -0.139. The van der Waals surface area contributed by atoms with Gasteiger partial charge in [-0.05, 0) is 35.1 Å². The van der Waals surface area contributed by atoms with Crippen molar-refractivity contribution >= 4 is 23.6 Å². The van der Waals surface area contributed by atoms with E-state index in [1.54, 1.807) is 23.9 Å². The molecule has 2 aromatic carbocycles. The average molecular weight is 343 g/mol. The van der Waals surface area contributed by atoms with Gasteiger partial charge in [-0.1, -0.05) is 55.5 Å². The molecule has 0 saturated carbocycles. The van der Waals surface area contributed by atoms with Crippen LogP contribution in [-0.2, 0) is 4.79 Å². The first-order valence-corrected chi connectivity index (χ1v) is 9.04. The number of hydrogen-bond acceptors (Lipinski definition) is 3. The lowest BCUT2D eigenvalue weighted by Crippen LogP contribution is -2.41. The van der Waals surface area contributed by atoms with Crippen molar-refractivity contribution in [2.24, 2.45) is 0 Å². The lowest BCUT2D eigenvalue weighted by Gasteiger charge is -2.16. The third-order valence-electron chi connectivity index (χ3n) is 3.61. The Hall–Kier alpha value is -2.27. The van der Waals surface area contributed by atoms with Gasteiger partial charge in [0.2, 0.25) is 0 Å². The molecule has 0 fully saturated rings. The van der Waals surface area contributed by atoms with Crippen LogP contribution in [-0.4, -0.2) is 34.5 Å². The van der Waals surface area contributed by atoms with Gasteiger partial charge in [0, 0.05) is 5.56 Å². The second-order valence-electron chi connectivity index (χ2n) is 5.26. The van der Waals surface area contributed by atoms with Crippen molar-refractivity contribution in [3.8, 4) is 11.1 Å². The van der Waals surface area contributed by atoms with E-state index in [1.807, 2.05) is 49.4 Å². The number of nitrogens with one attached hydrogen (secondary N) is 1. The van der Waals surface area contributed by atoms with E-state index in [-0.39, 0.29) is 5.91 Å². The van der Waals surface area contributed by atoms with Gasteiger partial charge in [-0.15, -0.1) is 0 Å². The number of carboxylic acid groups (broad SMARTS) is 1. The fourth-order valence-corrected chi connectivity index (χ4v) is 3.08. The van der Waals surface area contributed by atoms with Crippen LogP contribution < -0.4 is 5.32 Å². The fraction of sp³-hybridized carbons (Fsp3) is 0.263. The molecule has 0 unspecified atom stereocenters. The van der Waals surface area contributed by atoms with E-state index in [0.717, 1.165) is 16.9 Å². The van der Waals surface area contributed by atoms with E-state index in [0.29, 0.717) is 17.7 Å². The minimum Gasteiger partial charge on any atom is -0.480 e. The van der Waals surface area contributed by atoms with Gasteiger partial charge in [0.05, 0.1) is 0 Å². The summed E-state index contributed by atoms with van der Waals surface area (Å²) < 4.78 is 0. The molecule has 2 N–H and O–H groups in total. The molecule has 0 radical (unpaired) electrons. The molecule has 4 nitrogen and oxygen atoms in total. The Morgan fingerprint density at radius 2 is 1.75 bits per heavy atom. The van der Waals surface area contributed by atoms with Crippen LogP contribution in [0.15, 0.2) is 54.6 Å². The first kappa shape index (κ1) is 18.1. The second-order valence-corrected chi connectivity index (χ2v) is 6.66. The number of benzene rings is 2. The summed E-state index contributed by atoms with van der Waals surface area (Å²) in [6.07, 6.45) is 0.410. The number of carboxylic acids is 1. The van der Waals surface area contributed by atoms with E-state index >= 15 is 0 Å². The molecule has 5 heteroatoms. The minimum absolute atomic E-state index is 0.358. The number of carbonyl (C=O) groups is 2. The molecule has 2 aromatic rings. The number of carbonyl (C=O) groups excluding carboxylic acids is 1. The monoisotopic (exact) mass is 343 g/mol. The largest absolute Gasteiger partial charge is 0.480 e. The van der Waals surface area contributed by atoms with E-state index in [4.69, 9.17) is 0 Å². The molecule has 0 aliphatic rings. The molecule has 1 amide bonds. The molecule has 0 spiro atoms. The summed E-state index contributed by atoms with van der Waals surface area (Å²) in [5, 5.41) is 12.0. The Kier molecular flexibility index (Phi) is 6.88. The Morgan fingerprint density at radius 1 is 1.08 bits per heavy atom. The summed E-state index contributed by atoms with van der Waals surface area (Å²) in [7, 11) is 0. The van der Waals surface area contributed by atoms with Crippen molar-refractivity contribution in [2.75, 3.05) is 11.5 Å². The third-order valence-corrected chi connectivity index (χ3v) is 4.55. The molecule has 0 aliphatic carbocycles. The van der Waals surface area contributed by atoms with Crippen molar-refractivity contribution in [3.05, 3.63) is 60.2 Å². The SMILES string of the molecule is CCSCC[C@H](NC(=O)c1ccccc1-c1ccccc1)C(=O)O. The van der Waals surface area contributed by atoms with Gasteiger partial charge in [0.15, 0.2) is 0 Å². The van der Waals surface area contributed by atoms with Gasteiger partial charge in [-0.25, -0.2) is 4.79 Å². The second kappa shape index (κ2) is 9.13. The molecule has 1 atom stereocenters. The van der Waals surface area contributed by atoms with Crippen LogP contribution in [0.2, 0.25) is 0 Å². The first-order chi connectivity index (χ1) is 11.6. The van der Waals surface area contributed by atoms with Crippen LogP contribution >= 0.6 is 11.8 Å². The van der Waals surface area contributed by atoms with Crippen LogP contribution in [0.3, 0.4) is 0 Å². The Bertz CT molecular complexity index is 688. The van der Waals surface area contributed by atoms with Crippen LogP contribution in [0, 0.1) is 0 Å². The van der Waals surface area contributed by atoms with Gasteiger partial charge in [-0.2, -0.15) is 11.8 Å². The summed E-state index contributed by atoms with van der Waals surface area (Å²) in [6.45, 7) is 2.02. The highest BCUT2D eigenvalue weighted by atomic mass is 32.2. The van der Waals surface area contributed by atoms with E-state index in [1.165, 1.54) is 0 Å². The minimum atomic E-state index is -1.00. The van der Waals surface area contributed by atoms with Crippen LogP contribution in [0.4, 0.5) is 0 Å². The highest BCUT2D eigenvalue weighted by Crippen LogP contribution is 2.23. The van der Waals surface area contributed by atoms with Crippen LogP contribution in [0.1, 0.15) is 23.7 Å². The van der Waals surface area contributed by atoms with Crippen molar-refractivity contribution in [3.63, 3.8) is 0 Å². The standard InChI is InChI=1S/C19H21NO3S/c1-2-24-13-12-17(19(22)23)20-18(21)16-11-7-6-10-15(16)14-8-4-3-5-9-14/h3-11,17H,2,12-13H2,1H3,(H,20,21)(H,22,23)/t17-/m0/s1. The summed E-state index contributed by atoms with van der Waals surface area (Å²) in [4.78, 5) is 24.0. The number of hydrogen-bond donors (Lipinski definition) is 2. The molecule has 0 heterocycles. The highest BCUT2D eigenvalue weighted by Gasteiger charge is 2.21. The predicted octanol–water partition coefficient (Wildman–Crippen LogP) is 3.68. The van der Waals surface area contributed by atoms with Gasteiger partial charge in [-0.3, -0.25) is 4.79 Å². The zero-order chi connectivity index (χ0) is 17.4. The smallest absolute Gasteiger partial charge is 0.326 e. The zero-order valence-corrected chi connectivity index (χ0v) is 14.4. The van der Waals surface area contributed by atoms with Gasteiger partial charge >= 0.3 is 5.97 Å². The normalized spacial score (nSPS) is 11.7. The van der Waals surface area contributed by atoms with E-state index in [9.17, 15) is 14.7 Å². The van der Waals surface area contributed by atoms with Crippen molar-refractivity contribution in [1.29, 1.82) is 0 Å². The average Bonchev–Trinajstić information content (AvgIpc) is 2.61. The van der Waals surface area contributed by atoms with Crippen LogP contribution in [0.5, 0.6) is 0 Å². The Balaban J connectivity index is 2.19. The van der Waals surface area contributed by atoms with Crippen LogP contribution in [0.25, 0.3) is 11.1 Å². The number of amides is 1. The quantitative estimate of drug-likeness (QED) is 0.718. The summed E-state index contributed by atoms with van der Waals surface area (Å²) in [6, 6.07) is 16.0. The first-order valence-electron chi connectivity index (χ1n) is 7.89. The van der Waals surface area contributed by atoms with Gasteiger partial charge in [0.25, 0.3) is 5.91 Å². The van der Waals surface area contributed by atoms with Gasteiger partial charge < -0.3 is 10.4 Å². The fourth-order valence-electron chi connectivity index (χ4n) is 2.39. The number of rotatable bonds is 8. The Labute approximate surface area is 146 Å². The lowest BCUT2D eigenvalue weighted by atomic mass is 9.99. The molecule has 24 heavy (non-hydrogen) atoms. The summed E-state index contributed by atoms with van der Waals surface area (Å²) in [5.41, 5.74) is 2.21. The molecule has 126 valence electrons.